The third kappa shape index (κ3) is 3.02. The Morgan fingerprint density at radius 1 is 1.05 bits per heavy atom. The molecule has 1 N–H and O–H groups in total. The zero-order valence-electron chi connectivity index (χ0n) is 11.1. The molecular formula is C16H15F2NO. The lowest BCUT2D eigenvalue weighted by atomic mass is 10.1. The number of amides is 1. The van der Waals surface area contributed by atoms with E-state index in [9.17, 15) is 13.6 Å². The zero-order chi connectivity index (χ0) is 14.5. The first kappa shape index (κ1) is 14.2. The van der Waals surface area contributed by atoms with Crippen molar-refractivity contribution in [2.45, 2.75) is 19.9 Å². The molecule has 0 aliphatic rings. The highest BCUT2D eigenvalue weighted by Gasteiger charge is 2.14. The summed E-state index contributed by atoms with van der Waals surface area (Å²) in [6.07, 6.45) is 0.848. The number of halogens is 2. The van der Waals surface area contributed by atoms with Crippen LogP contribution in [-0.2, 0) is 13.0 Å². The van der Waals surface area contributed by atoms with Crippen molar-refractivity contribution in [3.05, 3.63) is 70.8 Å². The molecular weight excluding hydrogens is 260 g/mol. The predicted octanol–water partition coefficient (Wildman–Crippen LogP) is 3.46. The molecule has 0 aromatic heterocycles. The first-order valence-electron chi connectivity index (χ1n) is 6.42. The van der Waals surface area contributed by atoms with Crippen molar-refractivity contribution in [2.24, 2.45) is 0 Å². The number of carbonyl (C=O) groups is 1. The van der Waals surface area contributed by atoms with Gasteiger partial charge in [-0.2, -0.15) is 0 Å². The van der Waals surface area contributed by atoms with Crippen molar-refractivity contribution in [3.8, 4) is 0 Å². The topological polar surface area (TPSA) is 29.1 Å². The van der Waals surface area contributed by atoms with Gasteiger partial charge in [-0.25, -0.2) is 8.78 Å². The van der Waals surface area contributed by atoms with Crippen LogP contribution in [0.5, 0.6) is 0 Å². The molecule has 0 unspecified atom stereocenters. The summed E-state index contributed by atoms with van der Waals surface area (Å²) in [6, 6.07) is 11.2. The number of aryl methyl sites for hydroxylation is 1. The van der Waals surface area contributed by atoms with Crippen molar-refractivity contribution in [1.82, 2.24) is 5.32 Å². The van der Waals surface area contributed by atoms with Crippen molar-refractivity contribution < 1.29 is 13.6 Å². The van der Waals surface area contributed by atoms with Gasteiger partial charge < -0.3 is 5.32 Å². The summed E-state index contributed by atoms with van der Waals surface area (Å²) in [5, 5.41) is 2.61. The lowest BCUT2D eigenvalue weighted by Crippen LogP contribution is -2.24. The van der Waals surface area contributed by atoms with E-state index in [1.807, 2.05) is 31.2 Å². The fourth-order valence-corrected chi connectivity index (χ4v) is 2.02. The van der Waals surface area contributed by atoms with Gasteiger partial charge in [-0.05, 0) is 29.7 Å². The second-order valence-corrected chi connectivity index (χ2v) is 4.41. The molecule has 2 nitrogen and oxygen atoms in total. The molecule has 0 aliphatic carbocycles. The second kappa shape index (κ2) is 6.28. The Labute approximate surface area is 116 Å². The summed E-state index contributed by atoms with van der Waals surface area (Å²) in [4.78, 5) is 11.9. The maximum absolute atomic E-state index is 13.5. The average molecular weight is 275 g/mol. The average Bonchev–Trinajstić information content (AvgIpc) is 2.48. The fraction of sp³-hybridized carbons (Fsp3) is 0.188. The summed E-state index contributed by atoms with van der Waals surface area (Å²) >= 11 is 0. The summed E-state index contributed by atoms with van der Waals surface area (Å²) < 4.78 is 26.6. The Morgan fingerprint density at radius 2 is 1.75 bits per heavy atom. The lowest BCUT2D eigenvalue weighted by Gasteiger charge is -2.10. The number of carbonyl (C=O) groups excluding carboxylic acids is 1. The summed E-state index contributed by atoms with van der Waals surface area (Å²) in [6.45, 7) is 2.31. The monoisotopic (exact) mass is 275 g/mol. The van der Waals surface area contributed by atoms with Gasteiger partial charge in [0, 0.05) is 6.54 Å². The third-order valence-corrected chi connectivity index (χ3v) is 3.13. The van der Waals surface area contributed by atoms with Gasteiger partial charge in [0.15, 0.2) is 11.6 Å². The predicted molar refractivity (Wildman–Crippen MR) is 73.3 cm³/mol. The van der Waals surface area contributed by atoms with E-state index in [1.165, 1.54) is 12.1 Å². The van der Waals surface area contributed by atoms with Gasteiger partial charge in [-0.3, -0.25) is 4.79 Å². The maximum Gasteiger partial charge on any atom is 0.254 e. The molecule has 0 saturated heterocycles. The molecule has 2 rings (SSSR count). The molecule has 2 aromatic rings. The van der Waals surface area contributed by atoms with Gasteiger partial charge in [0.05, 0.1) is 5.56 Å². The van der Waals surface area contributed by atoms with Crippen molar-refractivity contribution in [2.75, 3.05) is 0 Å². The summed E-state index contributed by atoms with van der Waals surface area (Å²) in [7, 11) is 0. The molecule has 0 heterocycles. The number of rotatable bonds is 4. The normalized spacial score (nSPS) is 10.3. The second-order valence-electron chi connectivity index (χ2n) is 4.41. The Bertz CT molecular complexity index is 626. The van der Waals surface area contributed by atoms with Crippen LogP contribution in [0.2, 0.25) is 0 Å². The van der Waals surface area contributed by atoms with Gasteiger partial charge in [-0.1, -0.05) is 37.3 Å². The molecule has 1 amide bonds. The van der Waals surface area contributed by atoms with Crippen LogP contribution in [0, 0.1) is 11.6 Å². The van der Waals surface area contributed by atoms with Gasteiger partial charge in [0.25, 0.3) is 5.91 Å². The number of hydrogen-bond acceptors (Lipinski definition) is 1. The number of nitrogens with one attached hydrogen (secondary N) is 1. The molecule has 0 bridgehead atoms. The van der Waals surface area contributed by atoms with E-state index in [0.717, 1.165) is 23.6 Å². The van der Waals surface area contributed by atoms with E-state index < -0.39 is 17.5 Å². The van der Waals surface area contributed by atoms with Crippen LogP contribution in [0.4, 0.5) is 8.78 Å². The molecule has 104 valence electrons. The van der Waals surface area contributed by atoms with E-state index in [1.54, 1.807) is 0 Å². The number of benzene rings is 2. The molecule has 0 radical (unpaired) electrons. The third-order valence-electron chi connectivity index (χ3n) is 3.13. The zero-order valence-corrected chi connectivity index (χ0v) is 11.1. The molecule has 0 saturated carbocycles. The minimum atomic E-state index is -1.12. The van der Waals surface area contributed by atoms with Crippen LogP contribution in [0.3, 0.4) is 0 Å². The van der Waals surface area contributed by atoms with E-state index in [0.29, 0.717) is 6.54 Å². The van der Waals surface area contributed by atoms with Gasteiger partial charge in [-0.15, -0.1) is 0 Å². The molecule has 0 fully saturated rings. The van der Waals surface area contributed by atoms with Gasteiger partial charge >= 0.3 is 0 Å². The van der Waals surface area contributed by atoms with E-state index in [2.05, 4.69) is 5.32 Å². The van der Waals surface area contributed by atoms with E-state index in [-0.39, 0.29) is 5.56 Å². The standard InChI is InChI=1S/C16H15F2NO/c1-2-11-6-3-4-7-12(11)10-19-16(20)13-8-5-9-14(17)15(13)18/h3-9H,2,10H2,1H3,(H,19,20). The largest absolute Gasteiger partial charge is 0.348 e. The Kier molecular flexibility index (Phi) is 4.45. The van der Waals surface area contributed by atoms with Crippen LogP contribution in [0.25, 0.3) is 0 Å². The summed E-state index contributed by atoms with van der Waals surface area (Å²) in [5.41, 5.74) is 1.81. The first-order valence-corrected chi connectivity index (χ1v) is 6.42. The van der Waals surface area contributed by atoms with Crippen LogP contribution in [0.1, 0.15) is 28.4 Å². The minimum absolute atomic E-state index is 0.279. The van der Waals surface area contributed by atoms with E-state index in [4.69, 9.17) is 0 Å². The molecule has 0 aliphatic heterocycles. The molecule has 0 atom stereocenters. The summed E-state index contributed by atoms with van der Waals surface area (Å²) in [5.74, 6) is -2.76. The molecule has 20 heavy (non-hydrogen) atoms. The first-order chi connectivity index (χ1) is 9.63. The van der Waals surface area contributed by atoms with Gasteiger partial charge in [0.1, 0.15) is 0 Å². The highest BCUT2D eigenvalue weighted by molar-refractivity contribution is 5.94. The van der Waals surface area contributed by atoms with Crippen LogP contribution in [0.15, 0.2) is 42.5 Å². The van der Waals surface area contributed by atoms with Crippen LogP contribution < -0.4 is 5.32 Å². The smallest absolute Gasteiger partial charge is 0.254 e. The fourth-order valence-electron chi connectivity index (χ4n) is 2.02. The van der Waals surface area contributed by atoms with Crippen LogP contribution >= 0.6 is 0 Å². The SMILES string of the molecule is CCc1ccccc1CNC(=O)c1cccc(F)c1F. The number of hydrogen-bond donors (Lipinski definition) is 1. The molecule has 4 heteroatoms. The minimum Gasteiger partial charge on any atom is -0.348 e. The van der Waals surface area contributed by atoms with Crippen LogP contribution in [-0.4, -0.2) is 5.91 Å². The van der Waals surface area contributed by atoms with Crippen molar-refractivity contribution in [3.63, 3.8) is 0 Å². The maximum atomic E-state index is 13.5. The lowest BCUT2D eigenvalue weighted by molar-refractivity contribution is 0.0945. The molecule has 2 aromatic carbocycles. The Morgan fingerprint density at radius 3 is 2.45 bits per heavy atom. The Balaban J connectivity index is 2.11. The van der Waals surface area contributed by atoms with E-state index >= 15 is 0 Å². The Hall–Kier alpha value is -2.23. The van der Waals surface area contributed by atoms with Crippen molar-refractivity contribution in [1.29, 1.82) is 0 Å². The quantitative estimate of drug-likeness (QED) is 0.909. The molecule has 0 spiro atoms. The highest BCUT2D eigenvalue weighted by Crippen LogP contribution is 2.12. The van der Waals surface area contributed by atoms with Crippen molar-refractivity contribution >= 4 is 5.91 Å². The highest BCUT2D eigenvalue weighted by atomic mass is 19.2. The van der Waals surface area contributed by atoms with Gasteiger partial charge in [0.2, 0.25) is 0 Å².